The molecular formula is C17H25ClO. The van der Waals surface area contributed by atoms with Crippen LogP contribution in [0, 0.1) is 11.3 Å². The van der Waals surface area contributed by atoms with Crippen molar-refractivity contribution in [3.05, 3.63) is 23.3 Å². The minimum atomic E-state index is 0.269. The van der Waals surface area contributed by atoms with Crippen LogP contribution in [-0.4, -0.2) is 5.78 Å². The van der Waals surface area contributed by atoms with Crippen LogP contribution in [0.4, 0.5) is 0 Å². The van der Waals surface area contributed by atoms with E-state index in [1.165, 1.54) is 31.3 Å². The minimum Gasteiger partial charge on any atom is -0.300 e. The van der Waals surface area contributed by atoms with E-state index in [2.05, 4.69) is 12.7 Å². The molecule has 2 aliphatic carbocycles. The van der Waals surface area contributed by atoms with Crippen molar-refractivity contribution in [2.24, 2.45) is 11.3 Å². The van der Waals surface area contributed by atoms with Crippen LogP contribution in [0.1, 0.15) is 64.7 Å². The summed E-state index contributed by atoms with van der Waals surface area (Å²) in [4.78, 5) is 11.4. The standard InChI is InChI=1S/C17H25ClO/c1-13(10-15-4-6-16(18)7-5-15)11-17(8-3-9-17)12-14(2)19/h6,15H,1,3-5,7-12H2,2H3. The smallest absolute Gasteiger partial charge is 0.130 e. The van der Waals surface area contributed by atoms with Crippen molar-refractivity contribution >= 4 is 17.4 Å². The molecule has 0 bridgehead atoms. The Bertz CT molecular complexity index is 390. The highest BCUT2D eigenvalue weighted by molar-refractivity contribution is 6.29. The summed E-state index contributed by atoms with van der Waals surface area (Å²) in [6, 6.07) is 0. The molecule has 0 N–H and O–H groups in total. The molecule has 0 amide bonds. The monoisotopic (exact) mass is 280 g/mol. The van der Waals surface area contributed by atoms with E-state index in [-0.39, 0.29) is 5.41 Å². The number of rotatable bonds is 6. The van der Waals surface area contributed by atoms with Crippen LogP contribution in [0.5, 0.6) is 0 Å². The second-order valence-electron chi connectivity index (χ2n) is 6.65. The van der Waals surface area contributed by atoms with Crippen molar-refractivity contribution < 1.29 is 4.79 Å². The van der Waals surface area contributed by atoms with E-state index in [9.17, 15) is 4.79 Å². The van der Waals surface area contributed by atoms with E-state index in [1.54, 1.807) is 6.92 Å². The molecular weight excluding hydrogens is 256 g/mol. The molecule has 2 heteroatoms. The van der Waals surface area contributed by atoms with Crippen LogP contribution >= 0.6 is 11.6 Å². The fourth-order valence-corrected chi connectivity index (χ4v) is 3.87. The zero-order chi connectivity index (χ0) is 13.9. The van der Waals surface area contributed by atoms with E-state index in [4.69, 9.17) is 11.6 Å². The number of ketones is 1. The molecule has 19 heavy (non-hydrogen) atoms. The summed E-state index contributed by atoms with van der Waals surface area (Å²) < 4.78 is 0. The van der Waals surface area contributed by atoms with Crippen LogP contribution in [0.15, 0.2) is 23.3 Å². The van der Waals surface area contributed by atoms with E-state index in [1.807, 2.05) is 0 Å². The van der Waals surface area contributed by atoms with Crippen molar-refractivity contribution in [3.8, 4) is 0 Å². The quantitative estimate of drug-likeness (QED) is 0.596. The predicted molar refractivity (Wildman–Crippen MR) is 81.2 cm³/mol. The van der Waals surface area contributed by atoms with E-state index >= 15 is 0 Å². The third-order valence-corrected chi connectivity index (χ3v) is 5.05. The summed E-state index contributed by atoms with van der Waals surface area (Å²) in [5, 5.41) is 1.02. The van der Waals surface area contributed by atoms with Gasteiger partial charge in [-0.05, 0) is 63.2 Å². The average molecular weight is 281 g/mol. The number of carbonyl (C=O) groups is 1. The third-order valence-electron chi connectivity index (χ3n) is 4.70. The minimum absolute atomic E-state index is 0.269. The Hall–Kier alpha value is -0.560. The fourth-order valence-electron chi connectivity index (χ4n) is 3.67. The van der Waals surface area contributed by atoms with E-state index in [0.29, 0.717) is 11.7 Å². The van der Waals surface area contributed by atoms with Gasteiger partial charge in [0.2, 0.25) is 0 Å². The normalized spacial score (nSPS) is 25.4. The Kier molecular flexibility index (Phi) is 4.89. The highest BCUT2D eigenvalue weighted by atomic mass is 35.5. The van der Waals surface area contributed by atoms with Gasteiger partial charge in [-0.1, -0.05) is 36.2 Å². The summed E-state index contributed by atoms with van der Waals surface area (Å²) in [5.41, 5.74) is 1.61. The second kappa shape index (κ2) is 6.26. The van der Waals surface area contributed by atoms with Crippen molar-refractivity contribution in [2.75, 3.05) is 0 Å². The summed E-state index contributed by atoms with van der Waals surface area (Å²) in [7, 11) is 0. The number of halogens is 1. The molecule has 0 aromatic heterocycles. The molecule has 0 aliphatic heterocycles. The highest BCUT2D eigenvalue weighted by Crippen LogP contribution is 2.49. The van der Waals surface area contributed by atoms with Gasteiger partial charge in [0.05, 0.1) is 0 Å². The molecule has 0 heterocycles. The summed E-state index contributed by atoms with van der Waals surface area (Å²) in [6.45, 7) is 6.00. The Morgan fingerprint density at radius 3 is 2.68 bits per heavy atom. The van der Waals surface area contributed by atoms with Gasteiger partial charge < -0.3 is 4.79 Å². The molecule has 106 valence electrons. The van der Waals surface area contributed by atoms with Crippen LogP contribution in [0.2, 0.25) is 0 Å². The summed E-state index contributed by atoms with van der Waals surface area (Å²) in [5.74, 6) is 1.05. The molecule has 0 aromatic rings. The Balaban J connectivity index is 1.82. The average Bonchev–Trinajstić information content (AvgIpc) is 2.28. The number of Topliss-reactive ketones (excluding diaryl/α,β-unsaturated/α-hetero) is 1. The van der Waals surface area contributed by atoms with Gasteiger partial charge >= 0.3 is 0 Å². The first-order chi connectivity index (χ1) is 8.99. The molecule has 0 saturated heterocycles. The van der Waals surface area contributed by atoms with Crippen molar-refractivity contribution in [1.82, 2.24) is 0 Å². The molecule has 1 nitrogen and oxygen atoms in total. The molecule has 1 unspecified atom stereocenters. The molecule has 2 aliphatic rings. The lowest BCUT2D eigenvalue weighted by atomic mass is 9.62. The molecule has 2 rings (SSSR count). The molecule has 0 aromatic carbocycles. The summed E-state index contributed by atoms with van der Waals surface area (Å²) in [6.07, 6.45) is 12.1. The highest BCUT2D eigenvalue weighted by Gasteiger charge is 2.38. The Labute approximate surface area is 122 Å². The Morgan fingerprint density at radius 2 is 2.21 bits per heavy atom. The fraction of sp³-hybridized carbons (Fsp3) is 0.706. The van der Waals surface area contributed by atoms with Crippen molar-refractivity contribution in [2.45, 2.75) is 64.7 Å². The van der Waals surface area contributed by atoms with Gasteiger partial charge in [-0.15, -0.1) is 0 Å². The first kappa shape index (κ1) is 14.8. The lowest BCUT2D eigenvalue weighted by Gasteiger charge is -2.42. The topological polar surface area (TPSA) is 17.1 Å². The second-order valence-corrected chi connectivity index (χ2v) is 7.14. The van der Waals surface area contributed by atoms with Crippen LogP contribution in [-0.2, 0) is 4.79 Å². The van der Waals surface area contributed by atoms with Crippen molar-refractivity contribution in [1.29, 1.82) is 0 Å². The van der Waals surface area contributed by atoms with E-state index < -0.39 is 0 Å². The molecule has 0 radical (unpaired) electrons. The maximum atomic E-state index is 11.4. The third kappa shape index (κ3) is 4.21. The zero-order valence-electron chi connectivity index (χ0n) is 12.0. The van der Waals surface area contributed by atoms with Crippen LogP contribution < -0.4 is 0 Å². The van der Waals surface area contributed by atoms with Crippen LogP contribution in [0.25, 0.3) is 0 Å². The van der Waals surface area contributed by atoms with Gasteiger partial charge in [-0.2, -0.15) is 0 Å². The van der Waals surface area contributed by atoms with Gasteiger partial charge in [-0.3, -0.25) is 0 Å². The maximum absolute atomic E-state index is 11.4. The number of allylic oxidation sites excluding steroid dienone is 3. The first-order valence-electron chi connectivity index (χ1n) is 7.50. The number of hydrogen-bond acceptors (Lipinski definition) is 1. The molecule has 1 atom stereocenters. The molecule has 1 fully saturated rings. The summed E-state index contributed by atoms with van der Waals surface area (Å²) >= 11 is 6.02. The van der Waals surface area contributed by atoms with Crippen LogP contribution in [0.3, 0.4) is 0 Å². The number of carbonyl (C=O) groups excluding carboxylic acids is 1. The lowest BCUT2D eigenvalue weighted by molar-refractivity contribution is -0.120. The zero-order valence-corrected chi connectivity index (χ0v) is 12.8. The van der Waals surface area contributed by atoms with Gasteiger partial charge in [0, 0.05) is 11.5 Å². The number of hydrogen-bond donors (Lipinski definition) is 0. The van der Waals surface area contributed by atoms with Crippen molar-refractivity contribution in [3.63, 3.8) is 0 Å². The largest absolute Gasteiger partial charge is 0.300 e. The predicted octanol–water partition coefficient (Wildman–Crippen LogP) is 5.40. The maximum Gasteiger partial charge on any atom is 0.130 e. The Morgan fingerprint density at radius 1 is 1.47 bits per heavy atom. The first-order valence-corrected chi connectivity index (χ1v) is 7.87. The van der Waals surface area contributed by atoms with Gasteiger partial charge in [-0.25, -0.2) is 0 Å². The molecule has 1 saturated carbocycles. The van der Waals surface area contributed by atoms with Gasteiger partial charge in [0.1, 0.15) is 5.78 Å². The van der Waals surface area contributed by atoms with E-state index in [0.717, 1.165) is 37.1 Å². The van der Waals surface area contributed by atoms with Gasteiger partial charge in [0.15, 0.2) is 0 Å². The molecule has 0 spiro atoms. The van der Waals surface area contributed by atoms with Gasteiger partial charge in [0.25, 0.3) is 0 Å². The lowest BCUT2D eigenvalue weighted by Crippen LogP contribution is -2.32. The SMILES string of the molecule is C=C(CC1CC=C(Cl)CC1)CC1(CC(C)=O)CCC1.